The standard InChI is InChI=1S/C17H21N7O/c25-12-9-18-13-6-10-23(11-7-13)16-5-4-15-20-21-17(24(15)22-16)14-3-1-2-8-19-14/h1-5,8,13,18,25H,6-7,9-12H2. The zero-order valence-electron chi connectivity index (χ0n) is 13.9. The van der Waals surface area contributed by atoms with Gasteiger partial charge in [0.05, 0.1) is 6.61 Å². The Morgan fingerprint density at radius 1 is 1.12 bits per heavy atom. The van der Waals surface area contributed by atoms with Gasteiger partial charge in [-0.2, -0.15) is 4.52 Å². The topological polar surface area (TPSA) is 91.5 Å². The number of rotatable bonds is 5. The Morgan fingerprint density at radius 3 is 2.76 bits per heavy atom. The molecule has 2 N–H and O–H groups in total. The lowest BCUT2D eigenvalue weighted by Crippen LogP contribution is -2.43. The van der Waals surface area contributed by atoms with Crippen LogP contribution in [0.1, 0.15) is 12.8 Å². The average molecular weight is 339 g/mol. The number of nitrogens with one attached hydrogen (secondary N) is 1. The van der Waals surface area contributed by atoms with Gasteiger partial charge >= 0.3 is 0 Å². The zero-order chi connectivity index (χ0) is 17.1. The predicted octanol–water partition coefficient (Wildman–Crippen LogP) is 0.737. The molecule has 1 fully saturated rings. The molecule has 4 rings (SSSR count). The first kappa shape index (κ1) is 15.9. The van der Waals surface area contributed by atoms with Gasteiger partial charge in [-0.1, -0.05) is 6.07 Å². The van der Waals surface area contributed by atoms with E-state index in [2.05, 4.69) is 25.4 Å². The summed E-state index contributed by atoms with van der Waals surface area (Å²) in [7, 11) is 0. The Labute approximate surface area is 145 Å². The fraction of sp³-hybridized carbons (Fsp3) is 0.412. The number of anilines is 1. The second-order valence-electron chi connectivity index (χ2n) is 6.14. The molecule has 130 valence electrons. The Balaban J connectivity index is 1.55. The summed E-state index contributed by atoms with van der Waals surface area (Å²) in [4.78, 5) is 6.62. The fourth-order valence-electron chi connectivity index (χ4n) is 3.18. The summed E-state index contributed by atoms with van der Waals surface area (Å²) in [5.74, 6) is 1.57. The molecule has 0 aromatic carbocycles. The molecule has 0 aliphatic carbocycles. The van der Waals surface area contributed by atoms with Crippen LogP contribution in [0.4, 0.5) is 5.82 Å². The van der Waals surface area contributed by atoms with Crippen molar-refractivity contribution in [3.8, 4) is 11.5 Å². The molecule has 0 unspecified atom stereocenters. The fourth-order valence-corrected chi connectivity index (χ4v) is 3.18. The van der Waals surface area contributed by atoms with E-state index in [1.807, 2.05) is 30.3 Å². The molecule has 25 heavy (non-hydrogen) atoms. The quantitative estimate of drug-likeness (QED) is 0.708. The third kappa shape index (κ3) is 3.31. The van der Waals surface area contributed by atoms with Crippen LogP contribution in [0.25, 0.3) is 17.2 Å². The minimum absolute atomic E-state index is 0.183. The van der Waals surface area contributed by atoms with Gasteiger partial charge in [0, 0.05) is 31.9 Å². The lowest BCUT2D eigenvalue weighted by atomic mass is 10.1. The Hall–Kier alpha value is -2.58. The van der Waals surface area contributed by atoms with Gasteiger partial charge in [-0.05, 0) is 37.1 Å². The Kier molecular flexibility index (Phi) is 4.53. The summed E-state index contributed by atoms with van der Waals surface area (Å²) in [5.41, 5.74) is 1.47. The van der Waals surface area contributed by atoms with Gasteiger partial charge < -0.3 is 15.3 Å². The van der Waals surface area contributed by atoms with Crippen LogP contribution in [0, 0.1) is 0 Å². The van der Waals surface area contributed by atoms with E-state index in [9.17, 15) is 0 Å². The van der Waals surface area contributed by atoms with E-state index in [4.69, 9.17) is 10.2 Å². The summed E-state index contributed by atoms with van der Waals surface area (Å²) in [6.45, 7) is 2.71. The van der Waals surface area contributed by atoms with E-state index in [1.165, 1.54) is 0 Å². The van der Waals surface area contributed by atoms with Gasteiger partial charge in [-0.25, -0.2) is 0 Å². The summed E-state index contributed by atoms with van der Waals surface area (Å²) in [6, 6.07) is 10.1. The maximum absolute atomic E-state index is 8.92. The van der Waals surface area contributed by atoms with Crippen molar-refractivity contribution in [1.29, 1.82) is 0 Å². The highest BCUT2D eigenvalue weighted by molar-refractivity contribution is 5.56. The van der Waals surface area contributed by atoms with E-state index < -0.39 is 0 Å². The molecule has 0 atom stereocenters. The van der Waals surface area contributed by atoms with Crippen molar-refractivity contribution >= 4 is 11.5 Å². The Bertz CT molecular complexity index is 827. The number of fused-ring (bicyclic) bond motifs is 1. The highest BCUT2D eigenvalue weighted by atomic mass is 16.3. The molecular weight excluding hydrogens is 318 g/mol. The van der Waals surface area contributed by atoms with E-state index in [0.29, 0.717) is 24.1 Å². The van der Waals surface area contributed by atoms with E-state index in [0.717, 1.165) is 37.4 Å². The molecule has 0 spiro atoms. The largest absolute Gasteiger partial charge is 0.395 e. The summed E-state index contributed by atoms with van der Waals surface area (Å²) < 4.78 is 1.76. The van der Waals surface area contributed by atoms with Crippen molar-refractivity contribution in [2.75, 3.05) is 31.1 Å². The van der Waals surface area contributed by atoms with Crippen molar-refractivity contribution in [3.63, 3.8) is 0 Å². The van der Waals surface area contributed by atoms with Crippen LogP contribution >= 0.6 is 0 Å². The van der Waals surface area contributed by atoms with Gasteiger partial charge in [0.2, 0.25) is 5.82 Å². The smallest absolute Gasteiger partial charge is 0.203 e. The number of pyridine rings is 1. The van der Waals surface area contributed by atoms with Crippen LogP contribution < -0.4 is 10.2 Å². The van der Waals surface area contributed by atoms with Crippen LogP contribution in [-0.4, -0.2) is 62.2 Å². The minimum atomic E-state index is 0.183. The Morgan fingerprint density at radius 2 is 2.00 bits per heavy atom. The third-order valence-electron chi connectivity index (χ3n) is 4.51. The van der Waals surface area contributed by atoms with Crippen molar-refractivity contribution in [1.82, 2.24) is 30.1 Å². The molecule has 0 bridgehead atoms. The van der Waals surface area contributed by atoms with Gasteiger partial charge in [0.15, 0.2) is 5.65 Å². The van der Waals surface area contributed by atoms with Crippen LogP contribution in [-0.2, 0) is 0 Å². The molecule has 8 nitrogen and oxygen atoms in total. The average Bonchev–Trinajstić information content (AvgIpc) is 3.10. The first-order valence-corrected chi connectivity index (χ1v) is 8.58. The second kappa shape index (κ2) is 7.12. The molecule has 0 saturated carbocycles. The van der Waals surface area contributed by atoms with E-state index in [-0.39, 0.29) is 6.61 Å². The lowest BCUT2D eigenvalue weighted by Gasteiger charge is -2.33. The number of aromatic nitrogens is 5. The molecule has 8 heteroatoms. The first-order valence-electron chi connectivity index (χ1n) is 8.58. The molecule has 0 radical (unpaired) electrons. The highest BCUT2D eigenvalue weighted by Gasteiger charge is 2.20. The van der Waals surface area contributed by atoms with Crippen LogP contribution in [0.3, 0.4) is 0 Å². The molecule has 1 saturated heterocycles. The molecule has 3 aromatic heterocycles. The van der Waals surface area contributed by atoms with Crippen molar-refractivity contribution in [2.24, 2.45) is 0 Å². The SMILES string of the molecule is OCCNC1CCN(c2ccc3nnc(-c4ccccn4)n3n2)CC1. The molecule has 1 aliphatic rings. The maximum atomic E-state index is 8.92. The lowest BCUT2D eigenvalue weighted by molar-refractivity contribution is 0.277. The number of aliphatic hydroxyl groups excluding tert-OH is 1. The summed E-state index contributed by atoms with van der Waals surface area (Å²) in [6.07, 6.45) is 3.81. The summed E-state index contributed by atoms with van der Waals surface area (Å²) in [5, 5.41) is 25.5. The number of hydrogen-bond donors (Lipinski definition) is 2. The van der Waals surface area contributed by atoms with E-state index in [1.54, 1.807) is 10.7 Å². The first-order chi connectivity index (χ1) is 12.3. The third-order valence-corrected chi connectivity index (χ3v) is 4.51. The van der Waals surface area contributed by atoms with Crippen molar-refractivity contribution in [2.45, 2.75) is 18.9 Å². The van der Waals surface area contributed by atoms with Gasteiger partial charge in [-0.3, -0.25) is 4.98 Å². The van der Waals surface area contributed by atoms with Crippen molar-refractivity contribution < 1.29 is 5.11 Å². The van der Waals surface area contributed by atoms with Gasteiger partial charge in [0.1, 0.15) is 11.5 Å². The van der Waals surface area contributed by atoms with Gasteiger partial charge in [-0.15, -0.1) is 15.3 Å². The van der Waals surface area contributed by atoms with Gasteiger partial charge in [0.25, 0.3) is 0 Å². The number of piperidine rings is 1. The maximum Gasteiger partial charge on any atom is 0.203 e. The minimum Gasteiger partial charge on any atom is -0.395 e. The number of aliphatic hydroxyl groups is 1. The van der Waals surface area contributed by atoms with Crippen LogP contribution in [0.2, 0.25) is 0 Å². The predicted molar refractivity (Wildman–Crippen MR) is 94.3 cm³/mol. The number of nitrogens with zero attached hydrogens (tertiary/aromatic N) is 6. The molecule has 3 aromatic rings. The number of hydrogen-bond acceptors (Lipinski definition) is 7. The normalized spacial score (nSPS) is 15.8. The molecule has 0 amide bonds. The monoisotopic (exact) mass is 339 g/mol. The zero-order valence-corrected chi connectivity index (χ0v) is 13.9. The second-order valence-corrected chi connectivity index (χ2v) is 6.14. The molecule has 4 heterocycles. The highest BCUT2D eigenvalue weighted by Crippen LogP contribution is 2.20. The summed E-state index contributed by atoms with van der Waals surface area (Å²) >= 11 is 0. The molecular formula is C17H21N7O. The van der Waals surface area contributed by atoms with E-state index >= 15 is 0 Å². The van der Waals surface area contributed by atoms with Crippen LogP contribution in [0.15, 0.2) is 36.5 Å². The van der Waals surface area contributed by atoms with Crippen molar-refractivity contribution in [3.05, 3.63) is 36.5 Å². The van der Waals surface area contributed by atoms with Crippen LogP contribution in [0.5, 0.6) is 0 Å². The molecule has 1 aliphatic heterocycles.